The molecule has 1 heterocycles. The van der Waals surface area contributed by atoms with E-state index in [1.807, 2.05) is 6.92 Å². The maximum absolute atomic E-state index is 12.2. The quantitative estimate of drug-likeness (QED) is 0.882. The van der Waals surface area contributed by atoms with Gasteiger partial charge in [0.2, 0.25) is 0 Å². The lowest BCUT2D eigenvalue weighted by molar-refractivity contribution is 0.0697. The number of carboxylic acids is 1. The largest absolute Gasteiger partial charge is 0.478 e. The van der Waals surface area contributed by atoms with Crippen molar-refractivity contribution in [2.24, 2.45) is 0 Å². The number of benzene rings is 1. The SMILES string of the molecule is CCc1ccc(S(=O)(=O)Nc2ncccc2C(=O)O)cc1. The van der Waals surface area contributed by atoms with Crippen LogP contribution >= 0.6 is 0 Å². The highest BCUT2D eigenvalue weighted by atomic mass is 32.2. The van der Waals surface area contributed by atoms with Gasteiger partial charge in [0.15, 0.2) is 5.82 Å². The smallest absolute Gasteiger partial charge is 0.339 e. The van der Waals surface area contributed by atoms with Crippen molar-refractivity contribution in [2.75, 3.05) is 4.72 Å². The molecule has 0 bridgehead atoms. The zero-order valence-corrected chi connectivity index (χ0v) is 12.1. The van der Waals surface area contributed by atoms with E-state index in [2.05, 4.69) is 9.71 Å². The van der Waals surface area contributed by atoms with E-state index in [0.717, 1.165) is 12.0 Å². The number of aryl methyl sites for hydroxylation is 1. The maximum Gasteiger partial charge on any atom is 0.339 e. The van der Waals surface area contributed by atoms with Crippen LogP contribution in [0, 0.1) is 0 Å². The van der Waals surface area contributed by atoms with Crippen LogP contribution in [-0.4, -0.2) is 24.5 Å². The molecule has 0 saturated heterocycles. The Morgan fingerprint density at radius 2 is 1.90 bits per heavy atom. The van der Waals surface area contributed by atoms with Crippen molar-refractivity contribution in [2.45, 2.75) is 18.2 Å². The lowest BCUT2D eigenvalue weighted by Crippen LogP contribution is -2.16. The summed E-state index contributed by atoms with van der Waals surface area (Å²) in [4.78, 5) is 14.9. The van der Waals surface area contributed by atoms with Crippen molar-refractivity contribution < 1.29 is 18.3 Å². The predicted molar refractivity (Wildman–Crippen MR) is 77.8 cm³/mol. The third-order valence-electron chi connectivity index (χ3n) is 2.91. The van der Waals surface area contributed by atoms with Gasteiger partial charge >= 0.3 is 5.97 Å². The molecule has 0 aliphatic rings. The molecular weight excluding hydrogens is 292 g/mol. The standard InChI is InChI=1S/C14H14N2O4S/c1-2-10-5-7-11(8-6-10)21(19,20)16-13-12(14(17)18)4-3-9-15-13/h3-9H,2H2,1H3,(H,15,16)(H,17,18). The van der Waals surface area contributed by atoms with Gasteiger partial charge in [-0.1, -0.05) is 19.1 Å². The minimum absolute atomic E-state index is 0.0571. The minimum atomic E-state index is -3.87. The third kappa shape index (κ3) is 3.38. The molecular formula is C14H14N2O4S. The van der Waals surface area contributed by atoms with Crippen LogP contribution in [0.15, 0.2) is 47.5 Å². The Balaban J connectivity index is 2.35. The van der Waals surface area contributed by atoms with E-state index in [1.54, 1.807) is 12.1 Å². The zero-order chi connectivity index (χ0) is 15.5. The summed E-state index contributed by atoms with van der Waals surface area (Å²) >= 11 is 0. The number of pyridine rings is 1. The second-order valence-corrected chi connectivity index (χ2v) is 5.99. The molecule has 0 aliphatic heterocycles. The number of anilines is 1. The first-order valence-corrected chi connectivity index (χ1v) is 7.72. The van der Waals surface area contributed by atoms with Gasteiger partial charge in [0.1, 0.15) is 5.56 Å². The first-order chi connectivity index (χ1) is 9.94. The number of carboxylic acid groups (broad SMARTS) is 1. The number of carbonyl (C=O) groups is 1. The van der Waals surface area contributed by atoms with E-state index in [1.165, 1.54) is 30.5 Å². The third-order valence-corrected chi connectivity index (χ3v) is 4.27. The minimum Gasteiger partial charge on any atom is -0.478 e. The van der Waals surface area contributed by atoms with Crippen molar-refractivity contribution >= 4 is 21.8 Å². The second-order valence-electron chi connectivity index (χ2n) is 4.31. The van der Waals surface area contributed by atoms with Crippen LogP contribution in [0.2, 0.25) is 0 Å². The highest BCUT2D eigenvalue weighted by Crippen LogP contribution is 2.18. The molecule has 2 rings (SSSR count). The fourth-order valence-corrected chi connectivity index (χ4v) is 2.78. The fourth-order valence-electron chi connectivity index (χ4n) is 1.75. The van der Waals surface area contributed by atoms with Gasteiger partial charge < -0.3 is 5.11 Å². The summed E-state index contributed by atoms with van der Waals surface area (Å²) in [5, 5.41) is 9.03. The molecule has 0 amide bonds. The summed E-state index contributed by atoms with van der Waals surface area (Å²) in [6.07, 6.45) is 2.13. The molecule has 0 radical (unpaired) electrons. The van der Waals surface area contributed by atoms with E-state index >= 15 is 0 Å². The maximum atomic E-state index is 12.2. The number of nitrogens with one attached hydrogen (secondary N) is 1. The van der Waals surface area contributed by atoms with E-state index in [0.29, 0.717) is 0 Å². The van der Waals surface area contributed by atoms with Gasteiger partial charge in [-0.25, -0.2) is 18.2 Å². The van der Waals surface area contributed by atoms with Gasteiger partial charge in [-0.15, -0.1) is 0 Å². The van der Waals surface area contributed by atoms with Crippen LogP contribution in [0.4, 0.5) is 5.82 Å². The molecule has 21 heavy (non-hydrogen) atoms. The summed E-state index contributed by atoms with van der Waals surface area (Å²) in [7, 11) is -3.87. The van der Waals surface area contributed by atoms with Gasteiger partial charge in [-0.3, -0.25) is 4.72 Å². The molecule has 110 valence electrons. The van der Waals surface area contributed by atoms with Gasteiger partial charge in [-0.2, -0.15) is 0 Å². The number of hydrogen-bond donors (Lipinski definition) is 2. The monoisotopic (exact) mass is 306 g/mol. The van der Waals surface area contributed by atoms with E-state index in [-0.39, 0.29) is 16.3 Å². The highest BCUT2D eigenvalue weighted by Gasteiger charge is 2.19. The van der Waals surface area contributed by atoms with Crippen LogP contribution in [0.5, 0.6) is 0 Å². The Bertz CT molecular complexity index is 755. The Morgan fingerprint density at radius 1 is 1.24 bits per heavy atom. The summed E-state index contributed by atoms with van der Waals surface area (Å²) in [5.74, 6) is -1.45. The van der Waals surface area contributed by atoms with E-state index < -0.39 is 16.0 Å². The van der Waals surface area contributed by atoms with Crippen LogP contribution in [0.1, 0.15) is 22.8 Å². The molecule has 7 heteroatoms. The molecule has 2 N–H and O–H groups in total. The predicted octanol–water partition coefficient (Wildman–Crippen LogP) is 2.14. The van der Waals surface area contributed by atoms with Crippen LogP contribution in [-0.2, 0) is 16.4 Å². The van der Waals surface area contributed by atoms with Crippen molar-refractivity contribution in [3.63, 3.8) is 0 Å². The molecule has 1 aromatic carbocycles. The zero-order valence-electron chi connectivity index (χ0n) is 11.3. The van der Waals surface area contributed by atoms with Gasteiger partial charge in [0, 0.05) is 6.20 Å². The summed E-state index contributed by atoms with van der Waals surface area (Å²) in [6.45, 7) is 1.97. The summed E-state index contributed by atoms with van der Waals surface area (Å²) < 4.78 is 26.7. The Morgan fingerprint density at radius 3 is 2.48 bits per heavy atom. The van der Waals surface area contributed by atoms with Crippen molar-refractivity contribution in [1.82, 2.24) is 4.98 Å². The van der Waals surface area contributed by atoms with Gasteiger partial charge in [0.25, 0.3) is 10.0 Å². The lowest BCUT2D eigenvalue weighted by atomic mass is 10.2. The molecule has 0 aliphatic carbocycles. The topological polar surface area (TPSA) is 96.4 Å². The first kappa shape index (κ1) is 15.0. The lowest BCUT2D eigenvalue weighted by Gasteiger charge is -2.09. The average Bonchev–Trinajstić information content (AvgIpc) is 2.47. The van der Waals surface area contributed by atoms with Crippen LogP contribution in [0.25, 0.3) is 0 Å². The van der Waals surface area contributed by atoms with Crippen molar-refractivity contribution in [3.05, 3.63) is 53.7 Å². The number of aromatic carboxylic acids is 1. The molecule has 0 unspecified atom stereocenters. The Hall–Kier alpha value is -2.41. The average molecular weight is 306 g/mol. The molecule has 6 nitrogen and oxygen atoms in total. The summed E-state index contributed by atoms with van der Waals surface area (Å²) in [5.41, 5.74) is 0.810. The van der Waals surface area contributed by atoms with E-state index in [4.69, 9.17) is 5.11 Å². The van der Waals surface area contributed by atoms with Crippen molar-refractivity contribution in [3.8, 4) is 0 Å². The molecule has 0 saturated carbocycles. The van der Waals surface area contributed by atoms with Gasteiger partial charge in [0.05, 0.1) is 4.90 Å². The molecule has 1 aromatic heterocycles. The Labute approximate surface area is 122 Å². The van der Waals surface area contributed by atoms with Crippen LogP contribution < -0.4 is 4.72 Å². The van der Waals surface area contributed by atoms with Gasteiger partial charge in [-0.05, 0) is 36.2 Å². The Kier molecular flexibility index (Phi) is 4.23. The molecule has 0 atom stereocenters. The fraction of sp³-hybridized carbons (Fsp3) is 0.143. The molecule has 0 fully saturated rings. The number of sulfonamides is 1. The second kappa shape index (κ2) is 5.92. The van der Waals surface area contributed by atoms with Crippen LogP contribution in [0.3, 0.4) is 0 Å². The molecule has 2 aromatic rings. The van der Waals surface area contributed by atoms with E-state index in [9.17, 15) is 13.2 Å². The number of rotatable bonds is 5. The van der Waals surface area contributed by atoms with Crippen molar-refractivity contribution in [1.29, 1.82) is 0 Å². The number of aromatic nitrogens is 1. The summed E-state index contributed by atoms with van der Waals surface area (Å²) in [6, 6.07) is 9.09. The highest BCUT2D eigenvalue weighted by molar-refractivity contribution is 7.92. The molecule has 0 spiro atoms. The number of hydrogen-bond acceptors (Lipinski definition) is 4. The first-order valence-electron chi connectivity index (χ1n) is 6.24. The normalized spacial score (nSPS) is 11.1. The number of nitrogens with zero attached hydrogens (tertiary/aromatic N) is 1.